The summed E-state index contributed by atoms with van der Waals surface area (Å²) in [5.74, 6) is 2.03. The Hall–Kier alpha value is -0.780. The van der Waals surface area contributed by atoms with Gasteiger partial charge in [0, 0.05) is 26.8 Å². The highest BCUT2D eigenvalue weighted by atomic mass is 79.9. The van der Waals surface area contributed by atoms with E-state index in [1.54, 1.807) is 14.2 Å². The van der Waals surface area contributed by atoms with Crippen molar-refractivity contribution in [2.75, 3.05) is 34.0 Å². The van der Waals surface area contributed by atoms with Crippen molar-refractivity contribution in [3.05, 3.63) is 22.2 Å². The van der Waals surface area contributed by atoms with Gasteiger partial charge in [-0.1, -0.05) is 13.8 Å². The van der Waals surface area contributed by atoms with Crippen LogP contribution in [0.15, 0.2) is 16.6 Å². The van der Waals surface area contributed by atoms with Crippen LogP contribution in [0, 0.1) is 5.92 Å². The fourth-order valence-corrected chi connectivity index (χ4v) is 2.63. The number of halogens is 1. The van der Waals surface area contributed by atoms with Crippen molar-refractivity contribution in [1.29, 1.82) is 0 Å². The van der Waals surface area contributed by atoms with Gasteiger partial charge in [0.2, 0.25) is 0 Å². The third-order valence-electron chi connectivity index (χ3n) is 3.01. The number of ether oxygens (including phenoxy) is 3. The van der Waals surface area contributed by atoms with Crippen LogP contribution in [0.5, 0.6) is 11.5 Å². The predicted molar refractivity (Wildman–Crippen MR) is 89.2 cm³/mol. The van der Waals surface area contributed by atoms with E-state index in [0.29, 0.717) is 12.5 Å². The normalized spacial score (nSPS) is 12.2. The number of hydrogen-bond donors (Lipinski definition) is 1. The molecule has 5 heteroatoms. The molecule has 4 nitrogen and oxygen atoms in total. The number of methoxy groups -OCH3 is 2. The molecule has 0 radical (unpaired) electrons. The largest absolute Gasteiger partial charge is 0.493 e. The Bertz CT molecular complexity index is 426. The molecule has 0 spiro atoms. The fraction of sp³-hybridized carbons (Fsp3) is 0.625. The molecule has 0 saturated heterocycles. The number of benzene rings is 1. The van der Waals surface area contributed by atoms with E-state index in [2.05, 4.69) is 41.2 Å². The summed E-state index contributed by atoms with van der Waals surface area (Å²) in [7, 11) is 3.39. The van der Waals surface area contributed by atoms with Crippen molar-refractivity contribution >= 4 is 15.9 Å². The van der Waals surface area contributed by atoms with Gasteiger partial charge in [0.1, 0.15) is 0 Å². The lowest BCUT2D eigenvalue weighted by Crippen LogP contribution is -2.23. The molecular weight excluding hydrogens is 334 g/mol. The van der Waals surface area contributed by atoms with Gasteiger partial charge >= 0.3 is 0 Å². The molecule has 1 aromatic rings. The van der Waals surface area contributed by atoms with Crippen molar-refractivity contribution in [2.45, 2.75) is 26.8 Å². The molecule has 1 rings (SSSR count). The Labute approximate surface area is 136 Å². The molecule has 120 valence electrons. The Balaban J connectivity index is 2.65. The SMILES string of the molecule is CCCOc1c(Br)cc(CNCC(C)COC)cc1OC. The maximum Gasteiger partial charge on any atom is 0.175 e. The lowest BCUT2D eigenvalue weighted by atomic mass is 10.1. The van der Waals surface area contributed by atoms with E-state index < -0.39 is 0 Å². The van der Waals surface area contributed by atoms with Crippen LogP contribution in [0.25, 0.3) is 0 Å². The van der Waals surface area contributed by atoms with Gasteiger partial charge in [-0.15, -0.1) is 0 Å². The van der Waals surface area contributed by atoms with Gasteiger partial charge in [-0.2, -0.15) is 0 Å². The first kappa shape index (κ1) is 18.3. The second-order valence-electron chi connectivity index (χ2n) is 5.15. The van der Waals surface area contributed by atoms with E-state index in [1.165, 1.54) is 0 Å². The molecule has 1 unspecified atom stereocenters. The highest BCUT2D eigenvalue weighted by molar-refractivity contribution is 9.10. The average molecular weight is 360 g/mol. The zero-order valence-electron chi connectivity index (χ0n) is 13.4. The molecule has 0 aromatic heterocycles. The van der Waals surface area contributed by atoms with Crippen LogP contribution in [0.4, 0.5) is 0 Å². The molecular formula is C16H26BrNO3. The highest BCUT2D eigenvalue weighted by Crippen LogP contribution is 2.36. The van der Waals surface area contributed by atoms with E-state index in [0.717, 1.165) is 47.7 Å². The zero-order chi connectivity index (χ0) is 15.7. The van der Waals surface area contributed by atoms with Crippen LogP contribution in [0.1, 0.15) is 25.8 Å². The Morgan fingerprint density at radius 2 is 2.05 bits per heavy atom. The molecule has 1 N–H and O–H groups in total. The van der Waals surface area contributed by atoms with Gasteiger partial charge in [-0.05, 0) is 46.0 Å². The van der Waals surface area contributed by atoms with Crippen molar-refractivity contribution in [3.63, 3.8) is 0 Å². The van der Waals surface area contributed by atoms with Gasteiger partial charge in [0.15, 0.2) is 11.5 Å². The summed E-state index contributed by atoms with van der Waals surface area (Å²) in [6.07, 6.45) is 0.969. The van der Waals surface area contributed by atoms with Gasteiger partial charge in [-0.3, -0.25) is 0 Å². The van der Waals surface area contributed by atoms with Crippen molar-refractivity contribution < 1.29 is 14.2 Å². The third kappa shape index (κ3) is 6.24. The molecule has 0 aliphatic rings. The summed E-state index contributed by atoms with van der Waals surface area (Å²) in [6, 6.07) is 4.09. The molecule has 1 aromatic carbocycles. The highest BCUT2D eigenvalue weighted by Gasteiger charge is 2.11. The minimum atomic E-state index is 0.493. The summed E-state index contributed by atoms with van der Waals surface area (Å²) >= 11 is 3.56. The van der Waals surface area contributed by atoms with E-state index in [4.69, 9.17) is 14.2 Å². The first-order chi connectivity index (χ1) is 10.1. The number of nitrogens with one attached hydrogen (secondary N) is 1. The average Bonchev–Trinajstić information content (AvgIpc) is 2.46. The topological polar surface area (TPSA) is 39.7 Å². The molecule has 0 fully saturated rings. The molecule has 0 amide bonds. The van der Waals surface area contributed by atoms with E-state index in [1.807, 2.05) is 6.07 Å². The zero-order valence-corrected chi connectivity index (χ0v) is 15.0. The molecule has 0 aliphatic carbocycles. The van der Waals surface area contributed by atoms with Gasteiger partial charge in [0.05, 0.1) is 18.2 Å². The molecule has 0 bridgehead atoms. The number of hydrogen-bond acceptors (Lipinski definition) is 4. The second-order valence-corrected chi connectivity index (χ2v) is 6.00. The summed E-state index contributed by atoms with van der Waals surface area (Å²) in [4.78, 5) is 0. The van der Waals surface area contributed by atoms with Crippen molar-refractivity contribution in [1.82, 2.24) is 5.32 Å². The van der Waals surface area contributed by atoms with Crippen LogP contribution in [0.2, 0.25) is 0 Å². The molecule has 0 heterocycles. The van der Waals surface area contributed by atoms with Crippen LogP contribution in [-0.2, 0) is 11.3 Å². The third-order valence-corrected chi connectivity index (χ3v) is 3.60. The minimum Gasteiger partial charge on any atom is -0.493 e. The first-order valence-corrected chi connectivity index (χ1v) is 8.10. The van der Waals surface area contributed by atoms with Crippen LogP contribution in [-0.4, -0.2) is 34.0 Å². The Kier molecular flexibility index (Phi) is 8.73. The Morgan fingerprint density at radius 1 is 1.29 bits per heavy atom. The van der Waals surface area contributed by atoms with E-state index in [-0.39, 0.29) is 0 Å². The van der Waals surface area contributed by atoms with E-state index in [9.17, 15) is 0 Å². The molecule has 0 saturated carbocycles. The predicted octanol–water partition coefficient (Wildman–Crippen LogP) is 3.62. The van der Waals surface area contributed by atoms with E-state index >= 15 is 0 Å². The first-order valence-electron chi connectivity index (χ1n) is 7.31. The lowest BCUT2D eigenvalue weighted by Gasteiger charge is -2.15. The summed E-state index contributed by atoms with van der Waals surface area (Å²) in [6.45, 7) is 7.40. The van der Waals surface area contributed by atoms with Crippen LogP contribution >= 0.6 is 15.9 Å². The molecule has 1 atom stereocenters. The smallest absolute Gasteiger partial charge is 0.175 e. The van der Waals surface area contributed by atoms with Crippen molar-refractivity contribution in [2.24, 2.45) is 5.92 Å². The number of rotatable bonds is 10. The maximum absolute atomic E-state index is 5.73. The second kappa shape index (κ2) is 10.0. The van der Waals surface area contributed by atoms with Gasteiger partial charge in [-0.25, -0.2) is 0 Å². The van der Waals surface area contributed by atoms with Gasteiger partial charge in [0.25, 0.3) is 0 Å². The van der Waals surface area contributed by atoms with Crippen LogP contribution < -0.4 is 14.8 Å². The summed E-state index contributed by atoms with van der Waals surface area (Å²) < 4.78 is 17.2. The minimum absolute atomic E-state index is 0.493. The monoisotopic (exact) mass is 359 g/mol. The van der Waals surface area contributed by atoms with Crippen LogP contribution in [0.3, 0.4) is 0 Å². The summed E-state index contributed by atoms with van der Waals surface area (Å²) in [5.41, 5.74) is 1.16. The standard InChI is InChI=1S/C16H26BrNO3/c1-5-6-21-16-14(17)7-13(8-15(16)20-4)10-18-9-12(2)11-19-3/h7-8,12,18H,5-6,9-11H2,1-4H3. The van der Waals surface area contributed by atoms with Crippen molar-refractivity contribution in [3.8, 4) is 11.5 Å². The lowest BCUT2D eigenvalue weighted by molar-refractivity contribution is 0.158. The summed E-state index contributed by atoms with van der Waals surface area (Å²) in [5, 5.41) is 3.43. The maximum atomic E-state index is 5.73. The molecule has 21 heavy (non-hydrogen) atoms. The quantitative estimate of drug-likeness (QED) is 0.692. The molecule has 0 aliphatic heterocycles. The fourth-order valence-electron chi connectivity index (χ4n) is 2.03. The Morgan fingerprint density at radius 3 is 2.67 bits per heavy atom. The van der Waals surface area contributed by atoms with Gasteiger partial charge < -0.3 is 19.5 Å².